The minimum absolute atomic E-state index is 0.195. The van der Waals surface area contributed by atoms with Gasteiger partial charge < -0.3 is 9.80 Å². The molecule has 8 heteroatoms. The van der Waals surface area contributed by atoms with Crippen molar-refractivity contribution in [2.24, 2.45) is 5.92 Å². The number of hydrogen-bond acceptors (Lipinski definition) is 6. The van der Waals surface area contributed by atoms with Gasteiger partial charge in [0.1, 0.15) is 0 Å². The predicted octanol–water partition coefficient (Wildman–Crippen LogP) is 2.58. The van der Waals surface area contributed by atoms with Crippen LogP contribution in [0.4, 0.5) is 0 Å². The Kier molecular flexibility index (Phi) is 5.91. The summed E-state index contributed by atoms with van der Waals surface area (Å²) in [6.45, 7) is 4.47. The molecule has 1 aliphatic rings. The highest BCUT2D eigenvalue weighted by molar-refractivity contribution is 7.09. The third kappa shape index (κ3) is 4.64. The number of rotatable bonds is 6. The fraction of sp³-hybridized carbons (Fsp3) is 0.524. The van der Waals surface area contributed by atoms with Crippen LogP contribution in [0.15, 0.2) is 23.8 Å². The maximum atomic E-state index is 12.6. The second-order valence-electron chi connectivity index (χ2n) is 8.13. The van der Waals surface area contributed by atoms with Gasteiger partial charge in [0.15, 0.2) is 5.65 Å². The summed E-state index contributed by atoms with van der Waals surface area (Å²) in [5.74, 6) is 0.747. The smallest absolute Gasteiger partial charge is 0.228 e. The van der Waals surface area contributed by atoms with Gasteiger partial charge in [-0.1, -0.05) is 0 Å². The normalized spacial score (nSPS) is 15.5. The van der Waals surface area contributed by atoms with Crippen molar-refractivity contribution in [3.8, 4) is 0 Å². The Bertz CT molecular complexity index is 986. The summed E-state index contributed by atoms with van der Waals surface area (Å²) in [4.78, 5) is 25.8. The van der Waals surface area contributed by atoms with Crippen LogP contribution in [-0.2, 0) is 24.2 Å². The van der Waals surface area contributed by atoms with Crippen LogP contribution < -0.4 is 0 Å². The summed E-state index contributed by atoms with van der Waals surface area (Å²) in [6.07, 6.45) is 7.23. The maximum absolute atomic E-state index is 12.6. The van der Waals surface area contributed by atoms with E-state index in [4.69, 9.17) is 0 Å². The molecule has 29 heavy (non-hydrogen) atoms. The molecule has 0 spiro atoms. The van der Waals surface area contributed by atoms with Gasteiger partial charge >= 0.3 is 0 Å². The van der Waals surface area contributed by atoms with Crippen LogP contribution >= 0.6 is 11.3 Å². The van der Waals surface area contributed by atoms with E-state index in [2.05, 4.69) is 34.1 Å². The van der Waals surface area contributed by atoms with Crippen molar-refractivity contribution < 1.29 is 4.79 Å². The van der Waals surface area contributed by atoms with E-state index in [1.807, 2.05) is 40.2 Å². The largest absolute Gasteiger partial charge is 0.342 e. The zero-order valence-corrected chi connectivity index (χ0v) is 18.2. The first kappa shape index (κ1) is 20.0. The Hall–Kier alpha value is -2.32. The van der Waals surface area contributed by atoms with Gasteiger partial charge in [0.25, 0.3) is 0 Å². The third-order valence-corrected chi connectivity index (χ3v) is 6.36. The lowest BCUT2D eigenvalue weighted by molar-refractivity contribution is -0.131. The van der Waals surface area contributed by atoms with E-state index in [1.54, 1.807) is 11.3 Å². The predicted molar refractivity (Wildman–Crippen MR) is 114 cm³/mol. The number of aromatic nitrogens is 4. The number of thiazole rings is 1. The Morgan fingerprint density at radius 2 is 2.10 bits per heavy atom. The monoisotopic (exact) mass is 412 g/mol. The summed E-state index contributed by atoms with van der Waals surface area (Å²) in [5, 5.41) is 7.52. The topological polar surface area (TPSA) is 66.6 Å². The molecule has 1 fully saturated rings. The molecule has 0 saturated carbocycles. The van der Waals surface area contributed by atoms with Gasteiger partial charge in [-0.3, -0.25) is 4.79 Å². The van der Waals surface area contributed by atoms with Crippen LogP contribution in [0.1, 0.15) is 34.8 Å². The molecule has 3 aromatic heterocycles. The fourth-order valence-electron chi connectivity index (χ4n) is 4.06. The molecular formula is C21H28N6OS. The highest BCUT2D eigenvalue weighted by Crippen LogP contribution is 2.24. The van der Waals surface area contributed by atoms with Crippen molar-refractivity contribution >= 4 is 22.9 Å². The van der Waals surface area contributed by atoms with Crippen molar-refractivity contribution in [1.82, 2.24) is 29.4 Å². The van der Waals surface area contributed by atoms with Crippen LogP contribution in [0.25, 0.3) is 5.65 Å². The van der Waals surface area contributed by atoms with Gasteiger partial charge in [-0.15, -0.1) is 11.3 Å². The van der Waals surface area contributed by atoms with Gasteiger partial charge in [0.05, 0.1) is 29.0 Å². The summed E-state index contributed by atoms with van der Waals surface area (Å²) in [6, 6.07) is 1.95. The zero-order chi connectivity index (χ0) is 20.4. The Morgan fingerprint density at radius 1 is 1.31 bits per heavy atom. The van der Waals surface area contributed by atoms with Crippen molar-refractivity contribution in [2.75, 3.05) is 27.2 Å². The van der Waals surface area contributed by atoms with Crippen LogP contribution in [0, 0.1) is 12.8 Å². The number of carbonyl (C=O) groups excluding carboxylic acids is 1. The number of amides is 1. The second kappa shape index (κ2) is 8.59. The lowest BCUT2D eigenvalue weighted by Crippen LogP contribution is -2.40. The van der Waals surface area contributed by atoms with Gasteiger partial charge in [0, 0.05) is 42.8 Å². The van der Waals surface area contributed by atoms with E-state index in [0.29, 0.717) is 12.3 Å². The number of nitrogens with zero attached hydrogens (tertiary/aromatic N) is 6. The van der Waals surface area contributed by atoms with Crippen LogP contribution in [0.3, 0.4) is 0 Å². The van der Waals surface area contributed by atoms with Gasteiger partial charge in [-0.05, 0) is 46.2 Å². The van der Waals surface area contributed by atoms with Gasteiger partial charge in [-0.2, -0.15) is 5.10 Å². The number of aryl methyl sites for hydroxylation is 1. The SMILES string of the molecule is Cc1nc(CC(=O)N2CCC(Cc3c(CN(C)C)cnc4ccnn34)CC2)cs1. The standard InChI is InChI=1S/C21H28N6OS/c1-15-24-18(14-29-15)11-21(28)26-8-5-16(6-9-26)10-19-17(13-25(2)3)12-22-20-4-7-23-27(19)20/h4,7,12,14,16H,5-6,8-11,13H2,1-3H3. The lowest BCUT2D eigenvalue weighted by atomic mass is 9.90. The lowest BCUT2D eigenvalue weighted by Gasteiger charge is -2.32. The van der Waals surface area contributed by atoms with E-state index in [1.165, 1.54) is 11.3 Å². The number of likely N-dealkylation sites (tertiary alicyclic amines) is 1. The molecule has 1 amide bonds. The fourth-order valence-corrected chi connectivity index (χ4v) is 4.68. The molecule has 4 heterocycles. The first-order valence-electron chi connectivity index (χ1n) is 10.1. The molecular weight excluding hydrogens is 384 g/mol. The van der Waals surface area contributed by atoms with Crippen LogP contribution in [-0.4, -0.2) is 62.5 Å². The van der Waals surface area contributed by atoms with Crippen LogP contribution in [0.5, 0.6) is 0 Å². The quantitative estimate of drug-likeness (QED) is 0.623. The molecule has 154 valence electrons. The molecule has 3 aromatic rings. The van der Waals surface area contributed by atoms with Crippen LogP contribution in [0.2, 0.25) is 0 Å². The highest BCUT2D eigenvalue weighted by atomic mass is 32.1. The maximum Gasteiger partial charge on any atom is 0.228 e. The van der Waals surface area contributed by atoms with Crippen molar-refractivity contribution in [2.45, 2.75) is 39.2 Å². The third-order valence-electron chi connectivity index (χ3n) is 5.54. The average Bonchev–Trinajstić information content (AvgIpc) is 3.32. The minimum Gasteiger partial charge on any atom is -0.342 e. The van der Waals surface area contributed by atoms with E-state index >= 15 is 0 Å². The van der Waals surface area contributed by atoms with Crippen molar-refractivity contribution in [3.05, 3.63) is 45.8 Å². The summed E-state index contributed by atoms with van der Waals surface area (Å²) < 4.78 is 1.99. The molecule has 0 N–H and O–H groups in total. The number of fused-ring (bicyclic) bond motifs is 1. The Balaban J connectivity index is 1.40. The van der Waals surface area contributed by atoms with Gasteiger partial charge in [0.2, 0.25) is 5.91 Å². The summed E-state index contributed by atoms with van der Waals surface area (Å²) in [7, 11) is 4.15. The van der Waals surface area contributed by atoms with Crippen molar-refractivity contribution in [3.63, 3.8) is 0 Å². The first-order chi connectivity index (χ1) is 14.0. The first-order valence-corrected chi connectivity index (χ1v) is 11.0. The average molecular weight is 413 g/mol. The molecule has 1 aliphatic heterocycles. The van der Waals surface area contributed by atoms with Crippen molar-refractivity contribution in [1.29, 1.82) is 0 Å². The summed E-state index contributed by atoms with van der Waals surface area (Å²) >= 11 is 1.60. The van der Waals surface area contributed by atoms with E-state index in [-0.39, 0.29) is 5.91 Å². The Morgan fingerprint density at radius 3 is 2.79 bits per heavy atom. The molecule has 4 rings (SSSR count). The molecule has 0 unspecified atom stereocenters. The number of piperidine rings is 1. The molecule has 0 radical (unpaired) electrons. The molecule has 7 nitrogen and oxygen atoms in total. The Labute approximate surface area is 175 Å². The van der Waals surface area contributed by atoms with E-state index < -0.39 is 0 Å². The molecule has 0 bridgehead atoms. The van der Waals surface area contributed by atoms with Gasteiger partial charge in [-0.25, -0.2) is 14.5 Å². The second-order valence-corrected chi connectivity index (χ2v) is 9.19. The summed E-state index contributed by atoms with van der Waals surface area (Å²) in [5.41, 5.74) is 4.26. The molecule has 0 atom stereocenters. The number of carbonyl (C=O) groups is 1. The molecule has 0 aliphatic carbocycles. The zero-order valence-electron chi connectivity index (χ0n) is 17.3. The molecule has 0 aromatic carbocycles. The number of hydrogen-bond donors (Lipinski definition) is 0. The van der Waals surface area contributed by atoms with E-state index in [9.17, 15) is 4.79 Å². The minimum atomic E-state index is 0.195. The molecule has 1 saturated heterocycles. The van der Waals surface area contributed by atoms with E-state index in [0.717, 1.165) is 55.2 Å². The highest BCUT2D eigenvalue weighted by Gasteiger charge is 2.25.